The largest absolute Gasteiger partial charge is 0.495 e. The van der Waals surface area contributed by atoms with Gasteiger partial charge in [0.2, 0.25) is 10.0 Å². The number of hydrogen-bond donors (Lipinski definition) is 1. The summed E-state index contributed by atoms with van der Waals surface area (Å²) in [5.41, 5.74) is 1.14. The Labute approximate surface area is 271 Å². The van der Waals surface area contributed by atoms with Crippen LogP contribution < -0.4 is 4.74 Å². The number of sulfonamides is 1. The maximum Gasteiger partial charge on any atom is 0.243 e. The molecule has 3 aromatic carbocycles. The van der Waals surface area contributed by atoms with Crippen LogP contribution >= 0.6 is 23.4 Å². The molecule has 1 heterocycles. The first-order chi connectivity index (χ1) is 21.3. The van der Waals surface area contributed by atoms with Gasteiger partial charge >= 0.3 is 0 Å². The van der Waals surface area contributed by atoms with Crippen LogP contribution in [-0.2, 0) is 21.2 Å². The van der Waals surface area contributed by atoms with Crippen molar-refractivity contribution in [1.82, 2.24) is 13.9 Å². The molecule has 0 fully saturated rings. The lowest BCUT2D eigenvalue weighted by Gasteiger charge is -2.28. The molecule has 0 amide bonds. The van der Waals surface area contributed by atoms with Gasteiger partial charge in [-0.05, 0) is 60.5 Å². The van der Waals surface area contributed by atoms with Crippen molar-refractivity contribution in [3.05, 3.63) is 100 Å². The van der Waals surface area contributed by atoms with Gasteiger partial charge in [-0.15, -0.1) is 0 Å². The lowest BCUT2D eigenvalue weighted by atomic mass is 9.81. The van der Waals surface area contributed by atoms with Crippen LogP contribution in [0.1, 0.15) is 50.4 Å². The highest BCUT2D eigenvalue weighted by molar-refractivity contribution is 7.98. The summed E-state index contributed by atoms with van der Waals surface area (Å²) in [5.74, 6) is -2.18. The second kappa shape index (κ2) is 14.6. The zero-order chi connectivity index (χ0) is 32.9. The van der Waals surface area contributed by atoms with E-state index in [4.69, 9.17) is 16.3 Å². The summed E-state index contributed by atoms with van der Waals surface area (Å²) in [7, 11) is -2.71. The Morgan fingerprint density at radius 1 is 1.04 bits per heavy atom. The van der Waals surface area contributed by atoms with E-state index in [0.717, 1.165) is 33.8 Å². The van der Waals surface area contributed by atoms with Crippen LogP contribution in [0.5, 0.6) is 5.75 Å². The van der Waals surface area contributed by atoms with Crippen LogP contribution in [0.2, 0.25) is 5.02 Å². The predicted molar refractivity (Wildman–Crippen MR) is 170 cm³/mol. The molecule has 7 nitrogen and oxygen atoms in total. The normalized spacial score (nSPS) is 12.2. The van der Waals surface area contributed by atoms with E-state index in [1.54, 1.807) is 29.0 Å². The molecule has 0 aliphatic carbocycles. The molecule has 0 bridgehead atoms. The van der Waals surface area contributed by atoms with E-state index in [1.807, 2.05) is 32.9 Å². The van der Waals surface area contributed by atoms with E-state index < -0.39 is 44.4 Å². The number of aromatic nitrogens is 2. The number of halogens is 4. The van der Waals surface area contributed by atoms with Crippen molar-refractivity contribution in [2.24, 2.45) is 0 Å². The van der Waals surface area contributed by atoms with Gasteiger partial charge in [-0.2, -0.15) is 4.31 Å². The molecule has 242 valence electrons. The van der Waals surface area contributed by atoms with E-state index in [2.05, 4.69) is 4.98 Å². The van der Waals surface area contributed by atoms with Gasteiger partial charge in [0, 0.05) is 35.5 Å². The topological polar surface area (TPSA) is 84.7 Å². The molecule has 4 rings (SSSR count). The van der Waals surface area contributed by atoms with Gasteiger partial charge in [0.15, 0.2) is 5.16 Å². The monoisotopic (exact) mass is 681 g/mol. The van der Waals surface area contributed by atoms with Crippen LogP contribution in [0.15, 0.2) is 70.8 Å². The smallest absolute Gasteiger partial charge is 0.243 e. The number of imidazole rings is 1. The van der Waals surface area contributed by atoms with Crippen LogP contribution in [-0.4, -0.2) is 54.2 Å². The number of unbranched alkanes of at least 4 members (excludes halogenated alkanes) is 1. The van der Waals surface area contributed by atoms with E-state index in [0.29, 0.717) is 40.2 Å². The first-order valence-corrected chi connectivity index (χ1v) is 17.0. The fourth-order valence-corrected chi connectivity index (χ4v) is 7.56. The molecule has 45 heavy (non-hydrogen) atoms. The molecule has 0 radical (unpaired) electrons. The summed E-state index contributed by atoms with van der Waals surface area (Å²) < 4.78 is 79.1. The number of rotatable bonds is 14. The standard InChI is InChI=1S/C32H35ClF3N3O4S2/c1-5-6-13-38(14-15-40)45(41,42)24-17-27(35)25(28(36)18-24)20-44-31-37-19-30(39(31)23-10-8-22(34)9-11-23)32(2,3)21-7-12-26(33)29(16-21)43-4/h7-12,16-19,40H,5-6,13-15,20H2,1-4H3. The zero-order valence-electron chi connectivity index (χ0n) is 25.4. The average Bonchev–Trinajstić information content (AvgIpc) is 3.44. The number of hydrogen-bond acceptors (Lipinski definition) is 6. The molecule has 0 aliphatic heterocycles. The van der Waals surface area contributed by atoms with Gasteiger partial charge < -0.3 is 9.84 Å². The first kappa shape index (κ1) is 34.8. The highest BCUT2D eigenvalue weighted by atomic mass is 35.5. The number of aliphatic hydroxyl groups excluding tert-OH is 1. The number of aliphatic hydroxyl groups is 1. The number of methoxy groups -OCH3 is 1. The maximum absolute atomic E-state index is 15.4. The van der Waals surface area contributed by atoms with E-state index in [-0.39, 0.29) is 24.4 Å². The summed E-state index contributed by atoms with van der Waals surface area (Å²) in [6.07, 6.45) is 2.89. The summed E-state index contributed by atoms with van der Waals surface area (Å²) in [6.45, 7) is 5.34. The number of benzene rings is 3. The van der Waals surface area contributed by atoms with Gasteiger partial charge in [-0.1, -0.05) is 56.6 Å². The minimum atomic E-state index is -4.24. The lowest BCUT2D eigenvalue weighted by molar-refractivity contribution is 0.252. The molecule has 0 saturated carbocycles. The Morgan fingerprint density at radius 3 is 2.31 bits per heavy atom. The Bertz CT molecular complexity index is 1730. The third-order valence-corrected chi connectivity index (χ3v) is 10.7. The SMILES string of the molecule is CCCCN(CCO)S(=O)(=O)c1cc(F)c(CSc2ncc(C(C)(C)c3ccc(Cl)c(OC)c3)n2-c2ccc(F)cc2)c(F)c1. The first-order valence-electron chi connectivity index (χ1n) is 14.2. The summed E-state index contributed by atoms with van der Waals surface area (Å²) >= 11 is 7.31. The fourth-order valence-electron chi connectivity index (χ4n) is 4.86. The van der Waals surface area contributed by atoms with Crippen molar-refractivity contribution < 1.29 is 31.4 Å². The van der Waals surface area contributed by atoms with Crippen molar-refractivity contribution in [3.8, 4) is 11.4 Å². The predicted octanol–water partition coefficient (Wildman–Crippen LogP) is 7.35. The molecule has 0 spiro atoms. The number of nitrogens with zero attached hydrogens (tertiary/aromatic N) is 3. The third-order valence-electron chi connectivity index (χ3n) is 7.54. The van der Waals surface area contributed by atoms with Gasteiger partial charge in [-0.25, -0.2) is 26.6 Å². The van der Waals surface area contributed by atoms with E-state index >= 15 is 8.78 Å². The Balaban J connectivity index is 1.71. The van der Waals surface area contributed by atoms with Crippen molar-refractivity contribution >= 4 is 33.4 Å². The highest BCUT2D eigenvalue weighted by Gasteiger charge is 2.31. The molecule has 1 aromatic heterocycles. The summed E-state index contributed by atoms with van der Waals surface area (Å²) in [6, 6.07) is 12.8. The van der Waals surface area contributed by atoms with Crippen LogP contribution in [0.25, 0.3) is 5.69 Å². The van der Waals surface area contributed by atoms with Gasteiger partial charge in [0.1, 0.15) is 23.2 Å². The minimum Gasteiger partial charge on any atom is -0.495 e. The maximum atomic E-state index is 15.4. The van der Waals surface area contributed by atoms with Crippen LogP contribution in [0, 0.1) is 17.5 Å². The van der Waals surface area contributed by atoms with Crippen LogP contribution in [0.3, 0.4) is 0 Å². The Morgan fingerprint density at radius 2 is 1.71 bits per heavy atom. The molecule has 1 N–H and O–H groups in total. The number of ether oxygens (including phenoxy) is 1. The van der Waals surface area contributed by atoms with Gasteiger partial charge in [-0.3, -0.25) is 4.57 Å². The van der Waals surface area contributed by atoms with Crippen molar-refractivity contribution in [2.45, 2.75) is 54.8 Å². The molecule has 0 atom stereocenters. The lowest BCUT2D eigenvalue weighted by Crippen LogP contribution is -2.34. The van der Waals surface area contributed by atoms with Crippen molar-refractivity contribution in [1.29, 1.82) is 0 Å². The van der Waals surface area contributed by atoms with Crippen molar-refractivity contribution in [3.63, 3.8) is 0 Å². The Hall–Kier alpha value is -3.03. The van der Waals surface area contributed by atoms with Gasteiger partial charge in [0.25, 0.3) is 0 Å². The van der Waals surface area contributed by atoms with E-state index in [1.165, 1.54) is 19.2 Å². The van der Waals surface area contributed by atoms with E-state index in [9.17, 15) is 17.9 Å². The summed E-state index contributed by atoms with van der Waals surface area (Å²) in [5, 5.41) is 10.2. The molecule has 4 aromatic rings. The Kier molecular flexibility index (Phi) is 11.3. The third kappa shape index (κ3) is 7.52. The molecule has 0 saturated heterocycles. The van der Waals surface area contributed by atoms with Crippen LogP contribution in [0.4, 0.5) is 13.2 Å². The molecular formula is C32H35ClF3N3O4S2. The molecule has 0 aliphatic rings. The molecule has 0 unspecified atom stereocenters. The highest BCUT2D eigenvalue weighted by Crippen LogP contribution is 2.39. The quantitative estimate of drug-likeness (QED) is 0.140. The second-order valence-electron chi connectivity index (χ2n) is 10.8. The molecular weight excluding hydrogens is 647 g/mol. The van der Waals surface area contributed by atoms with Gasteiger partial charge in [0.05, 0.1) is 35.5 Å². The summed E-state index contributed by atoms with van der Waals surface area (Å²) in [4.78, 5) is 4.05. The van der Waals surface area contributed by atoms with Crippen molar-refractivity contribution in [2.75, 3.05) is 26.8 Å². The molecule has 13 heteroatoms. The second-order valence-corrected chi connectivity index (χ2v) is 14.1. The number of thioether (sulfide) groups is 1. The minimum absolute atomic E-state index is 0.119. The zero-order valence-corrected chi connectivity index (χ0v) is 27.7. The fraction of sp³-hybridized carbons (Fsp3) is 0.344. The average molecular weight is 682 g/mol.